The second-order valence-electron chi connectivity index (χ2n) is 6.85. The molecule has 0 aliphatic heterocycles. The Kier molecular flexibility index (Phi) is 7.20. The lowest BCUT2D eigenvalue weighted by Crippen LogP contribution is -2.17. The first-order valence-corrected chi connectivity index (χ1v) is 9.95. The molecule has 1 N–H and O–H groups in total. The summed E-state index contributed by atoms with van der Waals surface area (Å²) in [6.45, 7) is 2.79. The molecule has 3 aromatic carbocycles. The Morgan fingerprint density at radius 2 is 1.29 bits per heavy atom. The minimum atomic E-state index is 0.187. The molecule has 0 unspecified atom stereocenters. The van der Waals surface area contributed by atoms with Gasteiger partial charge in [0.2, 0.25) is 0 Å². The smallest absolute Gasteiger partial charge is 0.165 e. The molecule has 3 rings (SSSR count). The molecule has 0 heterocycles. The zero-order valence-electron chi connectivity index (χ0n) is 16.4. The molecule has 0 aromatic heterocycles. The van der Waals surface area contributed by atoms with E-state index < -0.39 is 0 Å². The third kappa shape index (κ3) is 5.20. The summed E-state index contributed by atoms with van der Waals surface area (Å²) in [5.74, 6) is 0.187. The van der Waals surface area contributed by atoms with Crippen LogP contribution in [0.1, 0.15) is 42.9 Å². The van der Waals surface area contributed by atoms with Crippen molar-refractivity contribution in [1.82, 2.24) is 5.32 Å². The second-order valence-corrected chi connectivity index (χ2v) is 6.85. The quantitative estimate of drug-likeness (QED) is 0.364. The molecular weight excluding hydrogens is 342 g/mol. The number of benzene rings is 3. The number of ketones is 1. The van der Waals surface area contributed by atoms with Crippen LogP contribution >= 0.6 is 0 Å². The summed E-state index contributed by atoms with van der Waals surface area (Å²) >= 11 is 0. The van der Waals surface area contributed by atoms with Gasteiger partial charge in [0.15, 0.2) is 5.78 Å². The van der Waals surface area contributed by atoms with Crippen molar-refractivity contribution in [3.8, 4) is 0 Å². The predicted molar refractivity (Wildman–Crippen MR) is 118 cm³/mol. The van der Waals surface area contributed by atoms with Crippen LogP contribution in [0.4, 0.5) is 0 Å². The van der Waals surface area contributed by atoms with Crippen molar-refractivity contribution in [2.24, 2.45) is 0 Å². The molecule has 0 aliphatic carbocycles. The lowest BCUT2D eigenvalue weighted by atomic mass is 9.93. The highest BCUT2D eigenvalue weighted by Gasteiger charge is 2.18. The number of allylic oxidation sites excluding steroid dienone is 1. The Balaban J connectivity index is 2.07. The van der Waals surface area contributed by atoms with Crippen molar-refractivity contribution in [3.63, 3.8) is 0 Å². The number of hydrogen-bond acceptors (Lipinski definition) is 2. The van der Waals surface area contributed by atoms with Gasteiger partial charge in [0.05, 0.1) is 5.70 Å². The van der Waals surface area contributed by atoms with E-state index in [1.165, 1.54) is 5.56 Å². The van der Waals surface area contributed by atoms with Gasteiger partial charge in [0, 0.05) is 18.5 Å². The highest BCUT2D eigenvalue weighted by Crippen LogP contribution is 2.27. The maximum absolute atomic E-state index is 13.2. The lowest BCUT2D eigenvalue weighted by Gasteiger charge is -2.18. The van der Waals surface area contributed by atoms with Crippen molar-refractivity contribution in [2.45, 2.75) is 32.7 Å². The Labute approximate surface area is 167 Å². The van der Waals surface area contributed by atoms with Crippen LogP contribution in [0.2, 0.25) is 0 Å². The van der Waals surface area contributed by atoms with Crippen LogP contribution in [0.15, 0.2) is 91.0 Å². The van der Waals surface area contributed by atoms with Crippen molar-refractivity contribution in [1.29, 1.82) is 0 Å². The second kappa shape index (κ2) is 10.3. The first-order valence-electron chi connectivity index (χ1n) is 9.95. The van der Waals surface area contributed by atoms with Crippen molar-refractivity contribution >= 4 is 17.1 Å². The van der Waals surface area contributed by atoms with Crippen molar-refractivity contribution in [2.75, 3.05) is 0 Å². The lowest BCUT2D eigenvalue weighted by molar-refractivity contribution is -0.113. The topological polar surface area (TPSA) is 29.1 Å². The van der Waals surface area contributed by atoms with E-state index in [0.717, 1.165) is 35.2 Å². The highest BCUT2D eigenvalue weighted by atomic mass is 16.1. The minimum absolute atomic E-state index is 0.187. The van der Waals surface area contributed by atoms with Crippen LogP contribution in [0.5, 0.6) is 0 Å². The number of carbonyl (C=O) groups is 1. The molecule has 2 nitrogen and oxygen atoms in total. The van der Waals surface area contributed by atoms with Crippen LogP contribution in [0.3, 0.4) is 0 Å². The number of carbonyl (C=O) groups excluding carboxylic acids is 1. The van der Waals surface area contributed by atoms with Gasteiger partial charge in [-0.15, -0.1) is 0 Å². The normalized spacial score (nSPS) is 11.6. The van der Waals surface area contributed by atoms with Gasteiger partial charge in [-0.1, -0.05) is 104 Å². The van der Waals surface area contributed by atoms with Crippen LogP contribution in [0.25, 0.3) is 11.3 Å². The zero-order valence-corrected chi connectivity index (χ0v) is 16.4. The fraction of sp³-hybridized carbons (Fsp3) is 0.192. The van der Waals surface area contributed by atoms with Crippen LogP contribution in [0, 0.1) is 0 Å². The van der Waals surface area contributed by atoms with Crippen molar-refractivity contribution < 1.29 is 4.79 Å². The summed E-state index contributed by atoms with van der Waals surface area (Å²) in [6.07, 6.45) is 2.46. The third-order valence-electron chi connectivity index (χ3n) is 4.72. The van der Waals surface area contributed by atoms with E-state index in [2.05, 4.69) is 36.5 Å². The summed E-state index contributed by atoms with van der Waals surface area (Å²) < 4.78 is 0. The Hall–Kier alpha value is -3.13. The van der Waals surface area contributed by atoms with E-state index in [0.29, 0.717) is 13.0 Å². The SMILES string of the molecule is CCCCC(=O)/C(=C(/NCc1ccccc1)c1ccccc1)c1ccccc1. The molecule has 0 bridgehead atoms. The fourth-order valence-electron chi connectivity index (χ4n) is 3.24. The van der Waals surface area contributed by atoms with Gasteiger partial charge in [-0.05, 0) is 23.1 Å². The van der Waals surface area contributed by atoms with E-state index in [4.69, 9.17) is 0 Å². The maximum Gasteiger partial charge on any atom is 0.165 e. The average molecular weight is 370 g/mol. The molecule has 0 saturated carbocycles. The maximum atomic E-state index is 13.2. The first-order chi connectivity index (χ1) is 13.8. The van der Waals surface area contributed by atoms with E-state index >= 15 is 0 Å². The molecule has 0 saturated heterocycles. The molecule has 0 fully saturated rings. The Morgan fingerprint density at radius 1 is 0.750 bits per heavy atom. The molecule has 2 heteroatoms. The van der Waals surface area contributed by atoms with Gasteiger partial charge in [0.1, 0.15) is 0 Å². The average Bonchev–Trinajstić information content (AvgIpc) is 2.77. The zero-order chi connectivity index (χ0) is 19.6. The fourth-order valence-corrected chi connectivity index (χ4v) is 3.24. The van der Waals surface area contributed by atoms with Crippen LogP contribution < -0.4 is 5.32 Å². The molecule has 28 heavy (non-hydrogen) atoms. The summed E-state index contributed by atoms with van der Waals surface area (Å²) in [7, 11) is 0. The molecule has 0 radical (unpaired) electrons. The molecule has 142 valence electrons. The van der Waals surface area contributed by atoms with Gasteiger partial charge in [-0.25, -0.2) is 0 Å². The largest absolute Gasteiger partial charge is 0.380 e. The van der Waals surface area contributed by atoms with Gasteiger partial charge in [-0.2, -0.15) is 0 Å². The number of Topliss-reactive ketones (excluding diaryl/α,β-unsaturated/α-hetero) is 1. The Morgan fingerprint density at radius 3 is 1.86 bits per heavy atom. The third-order valence-corrected chi connectivity index (χ3v) is 4.72. The summed E-state index contributed by atoms with van der Waals surface area (Å²) in [4.78, 5) is 13.2. The summed E-state index contributed by atoms with van der Waals surface area (Å²) in [6, 6.07) is 30.4. The van der Waals surface area contributed by atoms with E-state index in [-0.39, 0.29) is 5.78 Å². The molecule has 0 spiro atoms. The first kappa shape index (κ1) is 19.6. The van der Waals surface area contributed by atoms with Gasteiger partial charge in [0.25, 0.3) is 0 Å². The molecule has 3 aromatic rings. The van der Waals surface area contributed by atoms with Gasteiger partial charge < -0.3 is 5.32 Å². The van der Waals surface area contributed by atoms with Crippen LogP contribution in [-0.4, -0.2) is 5.78 Å². The minimum Gasteiger partial charge on any atom is -0.380 e. The highest BCUT2D eigenvalue weighted by molar-refractivity contribution is 6.27. The Bertz CT molecular complexity index is 899. The molecule has 0 amide bonds. The van der Waals surface area contributed by atoms with E-state index in [1.807, 2.05) is 66.7 Å². The molecule has 0 aliphatic rings. The van der Waals surface area contributed by atoms with E-state index in [1.54, 1.807) is 0 Å². The van der Waals surface area contributed by atoms with Crippen molar-refractivity contribution in [3.05, 3.63) is 108 Å². The number of hydrogen-bond donors (Lipinski definition) is 1. The predicted octanol–water partition coefficient (Wildman–Crippen LogP) is 6.10. The number of rotatable bonds is 9. The van der Waals surface area contributed by atoms with Crippen LogP contribution in [-0.2, 0) is 11.3 Å². The van der Waals surface area contributed by atoms with E-state index in [9.17, 15) is 4.79 Å². The van der Waals surface area contributed by atoms with Gasteiger partial charge >= 0.3 is 0 Å². The number of nitrogens with one attached hydrogen (secondary N) is 1. The summed E-state index contributed by atoms with van der Waals surface area (Å²) in [5, 5.41) is 3.57. The molecular formula is C26H27NO. The number of unbranched alkanes of at least 4 members (excludes halogenated alkanes) is 1. The monoisotopic (exact) mass is 369 g/mol. The van der Waals surface area contributed by atoms with Gasteiger partial charge in [-0.3, -0.25) is 4.79 Å². The summed E-state index contributed by atoms with van der Waals surface area (Å²) in [5.41, 5.74) is 4.85. The standard InChI is InChI=1S/C26H27NO/c1-2-3-19-24(28)25(22-15-9-5-10-16-22)26(23-17-11-6-12-18-23)27-20-21-13-7-4-8-14-21/h4-18,27H,2-3,19-20H2,1H3/b26-25+. The molecule has 0 atom stereocenters.